The van der Waals surface area contributed by atoms with Crippen molar-refractivity contribution >= 4 is 22.9 Å². The Morgan fingerprint density at radius 2 is 1.88 bits per heavy atom. The van der Waals surface area contributed by atoms with Crippen molar-refractivity contribution in [2.45, 2.75) is 19.5 Å². The molecule has 0 spiro atoms. The van der Waals surface area contributed by atoms with Gasteiger partial charge in [-0.3, -0.25) is 9.80 Å². The standard InChI is InChI=1S/C20H25ClN2O2S/c1-3-4-15-11-16(20(24)18(12-15)25-2)13-22-7-9-23(10-8-22)14-17-5-6-19(21)26-17/h3,5-6,11-12,24H,1,4,7-10,13-14H2,2H3. The van der Waals surface area contributed by atoms with Gasteiger partial charge in [-0.1, -0.05) is 23.7 Å². The van der Waals surface area contributed by atoms with E-state index in [0.29, 0.717) is 5.75 Å². The minimum absolute atomic E-state index is 0.246. The van der Waals surface area contributed by atoms with Gasteiger partial charge in [-0.05, 0) is 30.2 Å². The van der Waals surface area contributed by atoms with E-state index in [0.717, 1.165) is 61.2 Å². The minimum Gasteiger partial charge on any atom is -0.504 e. The number of thiophene rings is 1. The second-order valence-electron chi connectivity index (χ2n) is 6.56. The van der Waals surface area contributed by atoms with Crippen molar-refractivity contribution in [3.05, 3.63) is 57.3 Å². The lowest BCUT2D eigenvalue weighted by Gasteiger charge is -2.34. The molecule has 1 fully saturated rings. The zero-order valence-corrected chi connectivity index (χ0v) is 16.7. The Morgan fingerprint density at radius 3 is 2.46 bits per heavy atom. The van der Waals surface area contributed by atoms with Crippen LogP contribution in [-0.4, -0.2) is 48.2 Å². The van der Waals surface area contributed by atoms with Gasteiger partial charge in [-0.15, -0.1) is 17.9 Å². The Kier molecular flexibility index (Phi) is 6.59. The maximum Gasteiger partial charge on any atom is 0.162 e. The third-order valence-electron chi connectivity index (χ3n) is 4.68. The summed E-state index contributed by atoms with van der Waals surface area (Å²) in [6.45, 7) is 9.47. The average Bonchev–Trinajstić information content (AvgIpc) is 3.04. The van der Waals surface area contributed by atoms with Gasteiger partial charge in [0, 0.05) is 49.7 Å². The molecule has 1 aromatic heterocycles. The van der Waals surface area contributed by atoms with Crippen LogP contribution >= 0.6 is 22.9 Å². The minimum atomic E-state index is 0.246. The zero-order chi connectivity index (χ0) is 18.5. The van der Waals surface area contributed by atoms with Crippen molar-refractivity contribution in [3.63, 3.8) is 0 Å². The number of halogens is 1. The monoisotopic (exact) mass is 392 g/mol. The molecule has 0 aliphatic carbocycles. The Morgan fingerprint density at radius 1 is 1.19 bits per heavy atom. The second-order valence-corrected chi connectivity index (χ2v) is 8.36. The van der Waals surface area contributed by atoms with Gasteiger partial charge in [0.2, 0.25) is 0 Å². The average molecular weight is 393 g/mol. The van der Waals surface area contributed by atoms with Crippen LogP contribution in [0.15, 0.2) is 36.9 Å². The van der Waals surface area contributed by atoms with Crippen LogP contribution in [0.25, 0.3) is 0 Å². The molecule has 0 bridgehead atoms. The molecule has 1 aliphatic rings. The Hall–Kier alpha value is -1.53. The van der Waals surface area contributed by atoms with Gasteiger partial charge in [0.05, 0.1) is 11.4 Å². The number of phenolic OH excluding ortho intramolecular Hbond substituents is 1. The van der Waals surface area contributed by atoms with Crippen LogP contribution in [0.1, 0.15) is 16.0 Å². The van der Waals surface area contributed by atoms with Gasteiger partial charge >= 0.3 is 0 Å². The van der Waals surface area contributed by atoms with Crippen molar-refractivity contribution in [2.75, 3.05) is 33.3 Å². The zero-order valence-electron chi connectivity index (χ0n) is 15.1. The van der Waals surface area contributed by atoms with Gasteiger partial charge in [0.1, 0.15) is 0 Å². The van der Waals surface area contributed by atoms with Crippen LogP contribution in [0.5, 0.6) is 11.5 Å². The number of rotatable bonds is 7. The summed E-state index contributed by atoms with van der Waals surface area (Å²) in [4.78, 5) is 6.14. The largest absolute Gasteiger partial charge is 0.504 e. The fourth-order valence-corrected chi connectivity index (χ4v) is 4.42. The number of piperazine rings is 1. The molecule has 4 nitrogen and oxygen atoms in total. The molecule has 1 aliphatic heterocycles. The molecule has 0 radical (unpaired) electrons. The molecule has 1 N–H and O–H groups in total. The van der Waals surface area contributed by atoms with Gasteiger partial charge < -0.3 is 9.84 Å². The normalized spacial score (nSPS) is 15.9. The van der Waals surface area contributed by atoms with Crippen molar-refractivity contribution in [2.24, 2.45) is 0 Å². The van der Waals surface area contributed by atoms with Crippen molar-refractivity contribution in [3.8, 4) is 11.5 Å². The van der Waals surface area contributed by atoms with Crippen LogP contribution < -0.4 is 4.74 Å². The van der Waals surface area contributed by atoms with Gasteiger partial charge in [-0.25, -0.2) is 0 Å². The molecule has 26 heavy (non-hydrogen) atoms. The molecule has 2 heterocycles. The van der Waals surface area contributed by atoms with Crippen LogP contribution in [-0.2, 0) is 19.5 Å². The molecule has 6 heteroatoms. The number of allylic oxidation sites excluding steroid dienone is 1. The van der Waals surface area contributed by atoms with Crippen LogP contribution in [0, 0.1) is 0 Å². The first-order valence-corrected chi connectivity index (χ1v) is 9.97. The highest BCUT2D eigenvalue weighted by molar-refractivity contribution is 7.16. The van der Waals surface area contributed by atoms with E-state index in [1.807, 2.05) is 18.2 Å². The summed E-state index contributed by atoms with van der Waals surface area (Å²) in [6.07, 6.45) is 2.63. The summed E-state index contributed by atoms with van der Waals surface area (Å²) in [5.74, 6) is 0.781. The predicted octanol–water partition coefficient (Wildman–Crippen LogP) is 4.16. The number of hydrogen-bond acceptors (Lipinski definition) is 5. The predicted molar refractivity (Wildman–Crippen MR) is 108 cm³/mol. The molecule has 3 rings (SSSR count). The molecule has 140 valence electrons. The number of aromatic hydroxyl groups is 1. The van der Waals surface area contributed by atoms with E-state index in [2.05, 4.69) is 28.5 Å². The second kappa shape index (κ2) is 8.91. The highest BCUT2D eigenvalue weighted by Gasteiger charge is 2.20. The Labute approximate surface area is 164 Å². The Bertz CT molecular complexity index is 754. The first-order valence-electron chi connectivity index (χ1n) is 8.77. The topological polar surface area (TPSA) is 35.9 Å². The van der Waals surface area contributed by atoms with E-state index >= 15 is 0 Å². The summed E-state index contributed by atoms with van der Waals surface area (Å²) >= 11 is 7.67. The molecule has 0 saturated carbocycles. The third kappa shape index (κ3) is 4.80. The SMILES string of the molecule is C=CCc1cc(CN2CCN(Cc3ccc(Cl)s3)CC2)c(O)c(OC)c1. The first kappa shape index (κ1) is 19.2. The first-order chi connectivity index (χ1) is 12.6. The van der Waals surface area contributed by atoms with E-state index in [9.17, 15) is 5.11 Å². The fraction of sp³-hybridized carbons (Fsp3) is 0.400. The maximum atomic E-state index is 10.5. The molecule has 0 unspecified atom stereocenters. The molecule has 1 aromatic carbocycles. The number of nitrogens with zero attached hydrogens (tertiary/aromatic N) is 2. The lowest BCUT2D eigenvalue weighted by atomic mass is 10.1. The van der Waals surface area contributed by atoms with Gasteiger partial charge in [0.15, 0.2) is 11.5 Å². The smallest absolute Gasteiger partial charge is 0.162 e. The summed E-state index contributed by atoms with van der Waals surface area (Å²) < 4.78 is 6.18. The van der Waals surface area contributed by atoms with Crippen LogP contribution in [0.3, 0.4) is 0 Å². The molecular formula is C20H25ClN2O2S. The Balaban J connectivity index is 1.60. The number of phenols is 1. The molecular weight excluding hydrogens is 368 g/mol. The van der Waals surface area contributed by atoms with E-state index in [1.165, 1.54) is 4.88 Å². The van der Waals surface area contributed by atoms with E-state index in [-0.39, 0.29) is 5.75 Å². The van der Waals surface area contributed by atoms with Crippen molar-refractivity contribution in [1.29, 1.82) is 0 Å². The lowest BCUT2D eigenvalue weighted by molar-refractivity contribution is 0.122. The highest BCUT2D eigenvalue weighted by atomic mass is 35.5. The van der Waals surface area contributed by atoms with E-state index in [4.69, 9.17) is 16.3 Å². The van der Waals surface area contributed by atoms with Gasteiger partial charge in [0.25, 0.3) is 0 Å². The maximum absolute atomic E-state index is 10.5. The van der Waals surface area contributed by atoms with Gasteiger partial charge in [-0.2, -0.15) is 0 Å². The van der Waals surface area contributed by atoms with E-state index in [1.54, 1.807) is 18.4 Å². The number of methoxy groups -OCH3 is 1. The van der Waals surface area contributed by atoms with Crippen molar-refractivity contribution < 1.29 is 9.84 Å². The molecule has 0 amide bonds. The summed E-state index contributed by atoms with van der Waals surface area (Å²) in [5.41, 5.74) is 2.03. The number of ether oxygens (including phenoxy) is 1. The quantitative estimate of drug-likeness (QED) is 0.717. The summed E-state index contributed by atoms with van der Waals surface area (Å²) in [7, 11) is 1.59. The highest BCUT2D eigenvalue weighted by Crippen LogP contribution is 2.33. The van der Waals surface area contributed by atoms with Crippen LogP contribution in [0.4, 0.5) is 0 Å². The summed E-state index contributed by atoms with van der Waals surface area (Å²) in [6, 6.07) is 8.00. The fourth-order valence-electron chi connectivity index (χ4n) is 3.29. The molecule has 0 atom stereocenters. The van der Waals surface area contributed by atoms with Crippen molar-refractivity contribution in [1.82, 2.24) is 9.80 Å². The van der Waals surface area contributed by atoms with Crippen LogP contribution in [0.2, 0.25) is 4.34 Å². The third-order valence-corrected chi connectivity index (χ3v) is 5.90. The van der Waals surface area contributed by atoms with E-state index < -0.39 is 0 Å². The number of benzene rings is 1. The summed E-state index contributed by atoms with van der Waals surface area (Å²) in [5, 5.41) is 10.5. The lowest BCUT2D eigenvalue weighted by Crippen LogP contribution is -2.45. The molecule has 2 aromatic rings. The molecule has 1 saturated heterocycles. The number of hydrogen-bond donors (Lipinski definition) is 1.